The zero-order valence-corrected chi connectivity index (χ0v) is 11.6. The fourth-order valence-electron chi connectivity index (χ4n) is 2.64. The van der Waals surface area contributed by atoms with Crippen LogP contribution >= 0.6 is 0 Å². The number of Topliss-reactive ketones (excluding diaryl/α,β-unsaturated/α-hetero) is 1. The number of ether oxygens (including phenoxy) is 1. The molecule has 0 amide bonds. The monoisotopic (exact) mass is 270 g/mol. The Morgan fingerprint density at radius 2 is 2.25 bits per heavy atom. The summed E-state index contributed by atoms with van der Waals surface area (Å²) in [5.41, 5.74) is 2.23. The maximum atomic E-state index is 12.3. The molecule has 0 radical (unpaired) electrons. The molecule has 104 valence electrons. The number of hydrogen-bond donors (Lipinski definition) is 0. The molecule has 4 heteroatoms. The molecule has 2 heterocycles. The predicted molar refractivity (Wildman–Crippen MR) is 75.7 cm³/mol. The Morgan fingerprint density at radius 3 is 3.05 bits per heavy atom. The molecular formula is C16H18N2O2. The lowest BCUT2D eigenvalue weighted by Crippen LogP contribution is -2.28. The first-order valence-corrected chi connectivity index (χ1v) is 6.94. The van der Waals surface area contributed by atoms with Crippen molar-refractivity contribution >= 4 is 5.78 Å². The fraction of sp³-hybridized carbons (Fsp3) is 0.375. The second-order valence-corrected chi connectivity index (χ2v) is 5.23. The highest BCUT2D eigenvalue weighted by molar-refractivity contribution is 5.82. The van der Waals surface area contributed by atoms with E-state index < -0.39 is 0 Å². The molecule has 0 spiro atoms. The number of fused-ring (bicyclic) bond motifs is 1. The molecule has 0 fully saturated rings. The molecule has 1 aromatic carbocycles. The van der Waals surface area contributed by atoms with Gasteiger partial charge in [-0.25, -0.2) is 0 Å². The van der Waals surface area contributed by atoms with Gasteiger partial charge in [0.05, 0.1) is 12.5 Å². The molecule has 3 rings (SSSR count). The number of ketones is 1. The smallest absolute Gasteiger partial charge is 0.140 e. The Morgan fingerprint density at radius 1 is 1.40 bits per heavy atom. The largest absolute Gasteiger partial charge is 0.493 e. The van der Waals surface area contributed by atoms with Crippen LogP contribution in [0.25, 0.3) is 0 Å². The first-order chi connectivity index (χ1) is 9.74. The number of carbonyl (C=O) groups is 1. The van der Waals surface area contributed by atoms with Crippen molar-refractivity contribution in [2.75, 3.05) is 6.61 Å². The normalized spacial score (nSPS) is 17.4. The van der Waals surface area contributed by atoms with Crippen LogP contribution in [0.1, 0.15) is 17.7 Å². The molecule has 0 saturated carbocycles. The molecule has 1 aromatic heterocycles. The van der Waals surface area contributed by atoms with Crippen LogP contribution < -0.4 is 4.74 Å². The molecule has 20 heavy (non-hydrogen) atoms. The molecule has 1 aliphatic heterocycles. The average Bonchev–Trinajstić information content (AvgIpc) is 2.89. The highest BCUT2D eigenvalue weighted by Gasteiger charge is 2.25. The van der Waals surface area contributed by atoms with Gasteiger partial charge in [-0.2, -0.15) is 5.10 Å². The van der Waals surface area contributed by atoms with Gasteiger partial charge >= 0.3 is 0 Å². The van der Waals surface area contributed by atoms with Crippen molar-refractivity contribution < 1.29 is 9.53 Å². The minimum atomic E-state index is -0.0156. The molecule has 2 aromatic rings. The highest BCUT2D eigenvalue weighted by Crippen LogP contribution is 2.27. The van der Waals surface area contributed by atoms with Gasteiger partial charge in [-0.05, 0) is 30.5 Å². The van der Waals surface area contributed by atoms with Crippen molar-refractivity contribution in [2.24, 2.45) is 13.0 Å². The van der Waals surface area contributed by atoms with Crippen LogP contribution in [0.2, 0.25) is 0 Å². The third kappa shape index (κ3) is 2.59. The van der Waals surface area contributed by atoms with Crippen molar-refractivity contribution in [1.82, 2.24) is 9.78 Å². The molecule has 0 aliphatic carbocycles. The number of benzene rings is 1. The summed E-state index contributed by atoms with van der Waals surface area (Å²) < 4.78 is 7.50. The standard InChI is InChI=1S/C16H18N2O2/c1-18-14(8-9-17-18)6-7-15(19)13-10-12-4-2-3-5-16(12)20-11-13/h2-5,8-9,13H,6-7,10-11H2,1H3. The molecule has 0 N–H and O–H groups in total. The molecular weight excluding hydrogens is 252 g/mol. The Balaban J connectivity index is 1.60. The van der Waals surface area contributed by atoms with E-state index in [1.54, 1.807) is 6.20 Å². The lowest BCUT2D eigenvalue weighted by molar-refractivity contribution is -0.124. The zero-order valence-electron chi connectivity index (χ0n) is 11.6. The van der Waals surface area contributed by atoms with Crippen LogP contribution in [0.3, 0.4) is 0 Å². The van der Waals surface area contributed by atoms with E-state index in [1.807, 2.05) is 42.1 Å². The van der Waals surface area contributed by atoms with E-state index in [-0.39, 0.29) is 11.7 Å². The van der Waals surface area contributed by atoms with Crippen LogP contribution in [0.4, 0.5) is 0 Å². The molecule has 4 nitrogen and oxygen atoms in total. The van der Waals surface area contributed by atoms with E-state index in [4.69, 9.17) is 4.74 Å². The maximum Gasteiger partial charge on any atom is 0.140 e. The van der Waals surface area contributed by atoms with Crippen molar-refractivity contribution in [1.29, 1.82) is 0 Å². The van der Waals surface area contributed by atoms with E-state index >= 15 is 0 Å². The highest BCUT2D eigenvalue weighted by atomic mass is 16.5. The van der Waals surface area contributed by atoms with Crippen molar-refractivity contribution in [2.45, 2.75) is 19.3 Å². The van der Waals surface area contributed by atoms with Gasteiger partial charge < -0.3 is 4.74 Å². The van der Waals surface area contributed by atoms with Gasteiger partial charge in [0.25, 0.3) is 0 Å². The third-order valence-electron chi connectivity index (χ3n) is 3.88. The van der Waals surface area contributed by atoms with Gasteiger partial charge in [-0.3, -0.25) is 9.48 Å². The zero-order chi connectivity index (χ0) is 13.9. The fourth-order valence-corrected chi connectivity index (χ4v) is 2.64. The van der Waals surface area contributed by atoms with E-state index in [0.29, 0.717) is 13.0 Å². The van der Waals surface area contributed by atoms with Crippen LogP contribution in [0.15, 0.2) is 36.5 Å². The Bertz CT molecular complexity index is 618. The van der Waals surface area contributed by atoms with Crippen molar-refractivity contribution in [3.8, 4) is 5.75 Å². The quantitative estimate of drug-likeness (QED) is 0.855. The van der Waals surface area contributed by atoms with Gasteiger partial charge in [0.1, 0.15) is 11.5 Å². The SMILES string of the molecule is Cn1nccc1CCC(=O)C1COc2ccccc2C1. The second-order valence-electron chi connectivity index (χ2n) is 5.23. The first kappa shape index (κ1) is 12.9. The number of aryl methyl sites for hydroxylation is 2. The molecule has 0 bridgehead atoms. The van der Waals surface area contributed by atoms with Gasteiger partial charge in [-0.15, -0.1) is 0 Å². The molecule has 1 atom stereocenters. The van der Waals surface area contributed by atoms with Crippen molar-refractivity contribution in [3.05, 3.63) is 47.8 Å². The van der Waals surface area contributed by atoms with Gasteiger partial charge in [0.2, 0.25) is 0 Å². The lowest BCUT2D eigenvalue weighted by Gasteiger charge is -2.24. The number of nitrogens with zero attached hydrogens (tertiary/aromatic N) is 2. The summed E-state index contributed by atoms with van der Waals surface area (Å²) in [6.45, 7) is 0.501. The molecule has 1 aliphatic rings. The number of hydrogen-bond acceptors (Lipinski definition) is 3. The summed E-state index contributed by atoms with van der Waals surface area (Å²) >= 11 is 0. The van der Waals surface area contributed by atoms with Gasteiger partial charge in [0, 0.05) is 25.4 Å². The van der Waals surface area contributed by atoms with Gasteiger partial charge in [0.15, 0.2) is 0 Å². The Kier molecular flexibility index (Phi) is 3.54. The summed E-state index contributed by atoms with van der Waals surface area (Å²) in [7, 11) is 1.90. The van der Waals surface area contributed by atoms with E-state index in [9.17, 15) is 4.79 Å². The minimum absolute atomic E-state index is 0.0156. The third-order valence-corrected chi connectivity index (χ3v) is 3.88. The summed E-state index contributed by atoms with van der Waals surface area (Å²) in [6.07, 6.45) is 3.85. The van der Waals surface area contributed by atoms with Crippen LogP contribution in [0.5, 0.6) is 5.75 Å². The Labute approximate surface area is 118 Å². The van der Waals surface area contributed by atoms with E-state index in [2.05, 4.69) is 5.10 Å². The Hall–Kier alpha value is -2.10. The van der Waals surface area contributed by atoms with E-state index in [1.165, 1.54) is 0 Å². The number of rotatable bonds is 4. The first-order valence-electron chi connectivity index (χ1n) is 6.94. The number of carbonyl (C=O) groups excluding carboxylic acids is 1. The second kappa shape index (κ2) is 5.49. The van der Waals surface area contributed by atoms with Crippen molar-refractivity contribution in [3.63, 3.8) is 0 Å². The predicted octanol–water partition coefficient (Wildman–Crippen LogP) is 2.17. The summed E-state index contributed by atoms with van der Waals surface area (Å²) in [5, 5.41) is 4.12. The number of para-hydroxylation sites is 1. The minimum Gasteiger partial charge on any atom is -0.493 e. The van der Waals surface area contributed by atoms with Crippen LogP contribution in [0, 0.1) is 5.92 Å². The topological polar surface area (TPSA) is 44.1 Å². The maximum absolute atomic E-state index is 12.3. The van der Waals surface area contributed by atoms with Gasteiger partial charge in [-0.1, -0.05) is 18.2 Å². The van der Waals surface area contributed by atoms with E-state index in [0.717, 1.165) is 29.8 Å². The lowest BCUT2D eigenvalue weighted by atomic mass is 9.91. The molecule has 1 unspecified atom stereocenters. The summed E-state index contributed by atoms with van der Waals surface area (Å²) in [4.78, 5) is 12.3. The van der Waals surface area contributed by atoms with Crippen LogP contribution in [-0.2, 0) is 24.7 Å². The summed E-state index contributed by atoms with van der Waals surface area (Å²) in [6, 6.07) is 9.91. The summed E-state index contributed by atoms with van der Waals surface area (Å²) in [5.74, 6) is 1.18. The number of aromatic nitrogens is 2. The van der Waals surface area contributed by atoms with Crippen LogP contribution in [-0.4, -0.2) is 22.2 Å². The molecule has 0 saturated heterocycles. The average molecular weight is 270 g/mol.